The molecular formula is C27H44O8-2. The van der Waals surface area contributed by atoms with E-state index in [9.17, 15) is 29.4 Å². The minimum absolute atomic E-state index is 0.0626. The normalized spacial score (nSPS) is 14.4. The molecule has 0 fully saturated rings. The van der Waals surface area contributed by atoms with Crippen LogP contribution in [0.5, 0.6) is 0 Å². The molecule has 0 spiro atoms. The SMILES string of the molecule is C=C(C(=O)[O-])C(C(=O)[O-])(C(C)C(=O)OCCCCCCCC)C(C)C(=O)OCCCCCCCC. The number of carbonyl (C=O) groups is 4. The molecule has 0 heterocycles. The molecule has 0 rings (SSSR count). The minimum Gasteiger partial charge on any atom is -0.549 e. The summed E-state index contributed by atoms with van der Waals surface area (Å²) in [5.41, 5.74) is -3.50. The predicted octanol–water partition coefficient (Wildman–Crippen LogP) is 3.11. The summed E-state index contributed by atoms with van der Waals surface area (Å²) >= 11 is 0. The van der Waals surface area contributed by atoms with Crippen LogP contribution in [0.2, 0.25) is 0 Å². The third-order valence-electron chi connectivity index (χ3n) is 6.64. The van der Waals surface area contributed by atoms with Crippen molar-refractivity contribution >= 4 is 23.9 Å². The van der Waals surface area contributed by atoms with Gasteiger partial charge in [0, 0.05) is 0 Å². The molecule has 0 saturated carbocycles. The fraction of sp³-hybridized carbons (Fsp3) is 0.778. The summed E-state index contributed by atoms with van der Waals surface area (Å²) in [7, 11) is 0. The molecule has 2 unspecified atom stereocenters. The molecule has 0 radical (unpaired) electrons. The maximum absolute atomic E-state index is 12.7. The van der Waals surface area contributed by atoms with Crippen molar-refractivity contribution < 1.29 is 38.9 Å². The monoisotopic (exact) mass is 496 g/mol. The molecule has 35 heavy (non-hydrogen) atoms. The van der Waals surface area contributed by atoms with Crippen molar-refractivity contribution in [1.29, 1.82) is 0 Å². The van der Waals surface area contributed by atoms with E-state index in [2.05, 4.69) is 20.4 Å². The zero-order valence-electron chi connectivity index (χ0n) is 22.0. The van der Waals surface area contributed by atoms with Crippen LogP contribution in [0, 0.1) is 17.3 Å². The first-order valence-electron chi connectivity index (χ1n) is 13.0. The Hall–Kier alpha value is -2.38. The van der Waals surface area contributed by atoms with Crippen molar-refractivity contribution in [2.75, 3.05) is 13.2 Å². The Morgan fingerprint density at radius 3 is 1.34 bits per heavy atom. The Bertz CT molecular complexity index is 649. The highest BCUT2D eigenvalue weighted by atomic mass is 16.5. The maximum Gasteiger partial charge on any atom is 0.309 e. The number of carboxylic acid groups (broad SMARTS) is 2. The van der Waals surface area contributed by atoms with Crippen molar-refractivity contribution in [3.8, 4) is 0 Å². The number of hydrogen-bond acceptors (Lipinski definition) is 8. The Kier molecular flexibility index (Phi) is 16.7. The van der Waals surface area contributed by atoms with Gasteiger partial charge in [-0.25, -0.2) is 0 Å². The van der Waals surface area contributed by atoms with E-state index in [0.29, 0.717) is 12.8 Å². The van der Waals surface area contributed by atoms with Gasteiger partial charge in [0.1, 0.15) is 0 Å². The van der Waals surface area contributed by atoms with Crippen LogP contribution < -0.4 is 10.2 Å². The fourth-order valence-corrected chi connectivity index (χ4v) is 4.28. The Labute approximate surface area is 210 Å². The molecule has 0 aromatic carbocycles. The number of hydrogen-bond donors (Lipinski definition) is 0. The lowest BCUT2D eigenvalue weighted by Crippen LogP contribution is -2.58. The molecule has 202 valence electrons. The van der Waals surface area contributed by atoms with Gasteiger partial charge in [-0.1, -0.05) is 98.5 Å². The van der Waals surface area contributed by atoms with Gasteiger partial charge in [0.15, 0.2) is 0 Å². The van der Waals surface area contributed by atoms with Crippen molar-refractivity contribution in [3.05, 3.63) is 12.2 Å². The summed E-state index contributed by atoms with van der Waals surface area (Å²) in [6.07, 6.45) is 11.5. The van der Waals surface area contributed by atoms with E-state index in [-0.39, 0.29) is 13.2 Å². The van der Waals surface area contributed by atoms with Crippen molar-refractivity contribution in [2.45, 2.75) is 105 Å². The second-order valence-corrected chi connectivity index (χ2v) is 9.24. The number of carboxylic acids is 2. The number of rotatable bonds is 21. The smallest absolute Gasteiger partial charge is 0.309 e. The number of aliphatic carboxylic acids is 2. The lowest BCUT2D eigenvalue weighted by Gasteiger charge is -2.44. The molecule has 8 heteroatoms. The van der Waals surface area contributed by atoms with E-state index in [0.717, 1.165) is 64.2 Å². The largest absolute Gasteiger partial charge is 0.549 e. The summed E-state index contributed by atoms with van der Waals surface area (Å²) in [6.45, 7) is 10.1. The molecule has 0 aliphatic rings. The Balaban J connectivity index is 5.32. The van der Waals surface area contributed by atoms with Crippen LogP contribution in [-0.2, 0) is 28.7 Å². The molecule has 0 N–H and O–H groups in total. The highest BCUT2D eigenvalue weighted by molar-refractivity contribution is 6.00. The zero-order chi connectivity index (χ0) is 26.9. The van der Waals surface area contributed by atoms with Crippen LogP contribution in [-0.4, -0.2) is 37.1 Å². The lowest BCUT2D eigenvalue weighted by atomic mass is 9.63. The molecular weight excluding hydrogens is 452 g/mol. The van der Waals surface area contributed by atoms with Crippen LogP contribution in [0.25, 0.3) is 0 Å². The first kappa shape index (κ1) is 32.6. The van der Waals surface area contributed by atoms with Crippen LogP contribution in [0.15, 0.2) is 12.2 Å². The average molecular weight is 497 g/mol. The van der Waals surface area contributed by atoms with Gasteiger partial charge in [0.2, 0.25) is 0 Å². The van der Waals surface area contributed by atoms with Gasteiger partial charge in [-0.3, -0.25) is 9.59 Å². The highest BCUT2D eigenvalue weighted by Crippen LogP contribution is 2.43. The molecule has 0 aromatic rings. The number of carbonyl (C=O) groups excluding carboxylic acids is 4. The fourth-order valence-electron chi connectivity index (χ4n) is 4.28. The third-order valence-corrected chi connectivity index (χ3v) is 6.64. The van der Waals surface area contributed by atoms with Gasteiger partial charge >= 0.3 is 11.9 Å². The molecule has 0 aliphatic carbocycles. The second kappa shape index (κ2) is 18.0. The Morgan fingerprint density at radius 2 is 1.03 bits per heavy atom. The van der Waals surface area contributed by atoms with Crippen molar-refractivity contribution in [2.24, 2.45) is 17.3 Å². The molecule has 0 bridgehead atoms. The first-order valence-corrected chi connectivity index (χ1v) is 13.0. The first-order chi connectivity index (χ1) is 16.6. The van der Waals surface area contributed by atoms with E-state index in [4.69, 9.17) is 9.47 Å². The number of esters is 2. The second-order valence-electron chi connectivity index (χ2n) is 9.24. The van der Waals surface area contributed by atoms with Gasteiger partial charge in [-0.2, -0.15) is 0 Å². The van der Waals surface area contributed by atoms with E-state index in [1.807, 2.05) is 0 Å². The molecule has 2 atom stereocenters. The minimum atomic E-state index is -2.57. The van der Waals surface area contributed by atoms with Crippen LogP contribution >= 0.6 is 0 Å². The summed E-state index contributed by atoms with van der Waals surface area (Å²) in [6, 6.07) is 0. The van der Waals surface area contributed by atoms with Crippen LogP contribution in [0.3, 0.4) is 0 Å². The summed E-state index contributed by atoms with van der Waals surface area (Å²) in [4.78, 5) is 49.5. The molecule has 0 aliphatic heterocycles. The molecule has 0 aromatic heterocycles. The van der Waals surface area contributed by atoms with Crippen LogP contribution in [0.1, 0.15) is 105 Å². The maximum atomic E-state index is 12.7. The van der Waals surface area contributed by atoms with E-state index in [1.54, 1.807) is 0 Å². The average Bonchev–Trinajstić information content (AvgIpc) is 2.82. The zero-order valence-corrected chi connectivity index (χ0v) is 22.0. The van der Waals surface area contributed by atoms with Crippen LogP contribution in [0.4, 0.5) is 0 Å². The van der Waals surface area contributed by atoms with E-state index < -0.39 is 46.7 Å². The quantitative estimate of drug-likeness (QED) is 0.134. The van der Waals surface area contributed by atoms with Gasteiger partial charge < -0.3 is 29.3 Å². The number of unbranched alkanes of at least 4 members (excludes halogenated alkanes) is 10. The molecule has 0 amide bonds. The summed E-state index contributed by atoms with van der Waals surface area (Å²) < 4.78 is 10.5. The molecule has 8 nitrogen and oxygen atoms in total. The van der Waals surface area contributed by atoms with Crippen molar-refractivity contribution in [1.82, 2.24) is 0 Å². The van der Waals surface area contributed by atoms with Gasteiger partial charge in [0.05, 0.1) is 42.4 Å². The highest BCUT2D eigenvalue weighted by Gasteiger charge is 2.52. The standard InChI is InChI=1S/C27H46O8/c1-6-8-10-12-14-16-18-34-24(30)21(4)27(26(32)33,20(3)23(28)29)22(5)25(31)35-19-17-15-13-11-9-7-2/h21-22H,3,6-19H2,1-2,4-5H3,(H,28,29)(H,32,33)/p-2. The molecule has 0 saturated heterocycles. The van der Waals surface area contributed by atoms with E-state index in [1.165, 1.54) is 13.8 Å². The van der Waals surface area contributed by atoms with Gasteiger partial charge in [0.25, 0.3) is 0 Å². The third kappa shape index (κ3) is 10.4. The van der Waals surface area contributed by atoms with Gasteiger partial charge in [-0.15, -0.1) is 0 Å². The van der Waals surface area contributed by atoms with Gasteiger partial charge in [-0.05, 0) is 18.4 Å². The Morgan fingerprint density at radius 1 is 0.686 bits per heavy atom. The van der Waals surface area contributed by atoms with E-state index >= 15 is 0 Å². The summed E-state index contributed by atoms with van der Waals surface area (Å²) in [5.74, 6) is -8.81. The summed E-state index contributed by atoms with van der Waals surface area (Å²) in [5, 5.41) is 24.0. The lowest BCUT2D eigenvalue weighted by molar-refractivity contribution is -0.326. The topological polar surface area (TPSA) is 133 Å². The number of ether oxygens (including phenoxy) is 2. The van der Waals surface area contributed by atoms with Crippen molar-refractivity contribution in [3.63, 3.8) is 0 Å². The predicted molar refractivity (Wildman–Crippen MR) is 129 cm³/mol.